The molecule has 11 aromatic rings. The van der Waals surface area contributed by atoms with Crippen LogP contribution in [-0.4, -0.2) is 4.57 Å². The Morgan fingerprint density at radius 1 is 0.462 bits per heavy atom. The fourth-order valence-corrected chi connectivity index (χ4v) is 9.33. The minimum atomic E-state index is 0.873. The number of aromatic nitrogens is 1. The van der Waals surface area contributed by atoms with Gasteiger partial charge in [0.05, 0.1) is 16.7 Å². The Morgan fingerprint density at radius 3 is 1.85 bits per heavy atom. The predicted octanol–water partition coefficient (Wildman–Crippen LogP) is 14.2. The number of nitrogens with zero attached hydrogens (tertiary/aromatic N) is 2. The van der Waals surface area contributed by atoms with Crippen LogP contribution in [0.4, 0.5) is 17.1 Å². The van der Waals surface area contributed by atoms with Gasteiger partial charge >= 0.3 is 0 Å². The first-order valence-electron chi connectivity index (χ1n) is 17.6. The predicted molar refractivity (Wildman–Crippen MR) is 221 cm³/mol. The van der Waals surface area contributed by atoms with Crippen molar-refractivity contribution in [3.05, 3.63) is 182 Å². The van der Waals surface area contributed by atoms with Gasteiger partial charge in [0.25, 0.3) is 0 Å². The van der Waals surface area contributed by atoms with Crippen LogP contribution < -0.4 is 4.90 Å². The molecular weight excluding hydrogens is 653 g/mol. The van der Waals surface area contributed by atoms with Crippen LogP contribution in [-0.2, 0) is 0 Å². The largest absolute Gasteiger partial charge is 0.456 e. The second kappa shape index (κ2) is 11.5. The smallest absolute Gasteiger partial charge is 0.137 e. The number of rotatable bonds is 5. The lowest BCUT2D eigenvalue weighted by atomic mass is 10.00. The van der Waals surface area contributed by atoms with Crippen molar-refractivity contribution in [2.45, 2.75) is 0 Å². The lowest BCUT2D eigenvalue weighted by Gasteiger charge is -2.27. The highest BCUT2D eigenvalue weighted by molar-refractivity contribution is 7.26. The van der Waals surface area contributed by atoms with Crippen LogP contribution in [0.25, 0.3) is 80.7 Å². The van der Waals surface area contributed by atoms with Gasteiger partial charge in [-0.05, 0) is 77.9 Å². The van der Waals surface area contributed by atoms with E-state index in [0.29, 0.717) is 0 Å². The minimum absolute atomic E-state index is 0.873. The molecule has 0 aliphatic rings. The van der Waals surface area contributed by atoms with Gasteiger partial charge in [0.2, 0.25) is 0 Å². The number of anilines is 3. The Kier molecular flexibility index (Phi) is 6.42. The van der Waals surface area contributed by atoms with Crippen molar-refractivity contribution in [2.75, 3.05) is 4.90 Å². The maximum absolute atomic E-state index is 6.46. The third-order valence-electron chi connectivity index (χ3n) is 10.4. The molecule has 0 amide bonds. The highest BCUT2D eigenvalue weighted by Gasteiger charge is 2.22. The Balaban J connectivity index is 1.16. The van der Waals surface area contributed by atoms with Crippen molar-refractivity contribution in [3.8, 4) is 16.8 Å². The lowest BCUT2D eigenvalue weighted by molar-refractivity contribution is 0.669. The highest BCUT2D eigenvalue weighted by atomic mass is 32.1. The number of thiophene rings is 1. The summed E-state index contributed by atoms with van der Waals surface area (Å²) in [5, 5.41) is 7.27. The van der Waals surface area contributed by atoms with Crippen molar-refractivity contribution >= 4 is 92.3 Å². The van der Waals surface area contributed by atoms with Crippen LogP contribution in [0.1, 0.15) is 0 Å². The molecule has 0 aliphatic carbocycles. The van der Waals surface area contributed by atoms with Crippen LogP contribution in [0.3, 0.4) is 0 Å². The van der Waals surface area contributed by atoms with Gasteiger partial charge in [-0.25, -0.2) is 0 Å². The van der Waals surface area contributed by atoms with Gasteiger partial charge in [-0.15, -0.1) is 11.3 Å². The van der Waals surface area contributed by atoms with Crippen LogP contribution in [0.2, 0.25) is 0 Å². The van der Waals surface area contributed by atoms with Crippen molar-refractivity contribution in [1.82, 2.24) is 4.57 Å². The average Bonchev–Trinajstić information content (AvgIpc) is 3.89. The molecule has 0 aliphatic heterocycles. The molecular formula is C48H30N2OS. The number of fused-ring (bicyclic) bond motifs is 9. The summed E-state index contributed by atoms with van der Waals surface area (Å²) < 4.78 is 11.4. The summed E-state index contributed by atoms with van der Waals surface area (Å²) in [7, 11) is 0. The molecule has 3 heterocycles. The SMILES string of the molecule is c1ccc(-c2ccc(N(c3ccc(-n4c5ccccc5c5ccccc54)cc3)c3ccc4c(c3)oc3ccccc34)c3c2sc2ccccc23)cc1. The number of furan rings is 1. The fraction of sp³-hybridized carbons (Fsp3) is 0. The van der Waals surface area contributed by atoms with E-state index < -0.39 is 0 Å². The Bertz CT molecular complexity index is 3080. The molecule has 0 fully saturated rings. The monoisotopic (exact) mass is 682 g/mol. The van der Waals surface area contributed by atoms with Crippen molar-refractivity contribution < 1.29 is 4.42 Å². The number of hydrogen-bond donors (Lipinski definition) is 0. The van der Waals surface area contributed by atoms with E-state index in [-0.39, 0.29) is 0 Å². The van der Waals surface area contributed by atoms with Crippen molar-refractivity contribution in [3.63, 3.8) is 0 Å². The molecule has 0 bridgehead atoms. The van der Waals surface area contributed by atoms with E-state index in [1.807, 2.05) is 23.5 Å². The van der Waals surface area contributed by atoms with E-state index in [1.54, 1.807) is 0 Å². The van der Waals surface area contributed by atoms with E-state index in [0.717, 1.165) is 44.7 Å². The Labute approximate surface area is 303 Å². The normalized spacial score (nSPS) is 11.8. The van der Waals surface area contributed by atoms with Gasteiger partial charge in [0.15, 0.2) is 0 Å². The van der Waals surface area contributed by atoms with E-state index in [4.69, 9.17) is 4.42 Å². The van der Waals surface area contributed by atoms with Crippen LogP contribution >= 0.6 is 11.3 Å². The average molecular weight is 683 g/mol. The summed E-state index contributed by atoms with van der Waals surface area (Å²) in [6.45, 7) is 0. The molecule has 4 heteroatoms. The quantitative estimate of drug-likeness (QED) is 0.180. The first-order valence-corrected chi connectivity index (χ1v) is 18.4. The summed E-state index contributed by atoms with van der Waals surface area (Å²) in [5.41, 5.74) is 11.0. The Morgan fingerprint density at radius 2 is 1.08 bits per heavy atom. The van der Waals surface area contributed by atoms with E-state index in [9.17, 15) is 0 Å². The van der Waals surface area contributed by atoms with Gasteiger partial charge in [-0.1, -0.05) is 109 Å². The molecule has 3 nitrogen and oxygen atoms in total. The first-order chi connectivity index (χ1) is 25.8. The standard InChI is InChI=1S/C48H30N2OS/c1-2-12-31(13-3-1)35-28-29-43(47-40-17-7-11-21-46(40)52-48(35)47)49(34-26-27-39-38-16-6-10-20-44(38)51-45(39)30-34)32-22-24-33(25-23-32)50-41-18-8-4-14-36(41)37-15-5-9-19-42(37)50/h1-30H. The zero-order valence-corrected chi connectivity index (χ0v) is 28.8. The third-order valence-corrected chi connectivity index (χ3v) is 11.6. The molecule has 52 heavy (non-hydrogen) atoms. The molecule has 0 radical (unpaired) electrons. The van der Waals surface area contributed by atoms with Crippen LogP contribution in [0.15, 0.2) is 186 Å². The molecule has 0 saturated carbocycles. The number of para-hydroxylation sites is 3. The van der Waals surface area contributed by atoms with Crippen LogP contribution in [0, 0.1) is 0 Å². The summed E-state index contributed by atoms with van der Waals surface area (Å²) in [6, 6.07) is 65.4. The molecule has 244 valence electrons. The Hall–Kier alpha value is -6.62. The van der Waals surface area contributed by atoms with E-state index in [1.165, 1.54) is 53.1 Å². The molecule has 0 unspecified atom stereocenters. The zero-order valence-electron chi connectivity index (χ0n) is 28.0. The molecule has 11 rings (SSSR count). The number of hydrogen-bond acceptors (Lipinski definition) is 3. The molecule has 8 aromatic carbocycles. The van der Waals surface area contributed by atoms with Crippen molar-refractivity contribution in [1.29, 1.82) is 0 Å². The maximum atomic E-state index is 6.46. The first kappa shape index (κ1) is 29.1. The second-order valence-electron chi connectivity index (χ2n) is 13.3. The second-order valence-corrected chi connectivity index (χ2v) is 14.4. The van der Waals surface area contributed by atoms with Crippen molar-refractivity contribution in [2.24, 2.45) is 0 Å². The molecule has 0 N–H and O–H groups in total. The molecule has 0 spiro atoms. The van der Waals surface area contributed by atoms with Crippen LogP contribution in [0.5, 0.6) is 0 Å². The summed E-state index contributed by atoms with van der Waals surface area (Å²) in [5.74, 6) is 0. The van der Waals surface area contributed by atoms with Gasteiger partial charge in [-0.2, -0.15) is 0 Å². The topological polar surface area (TPSA) is 21.3 Å². The van der Waals surface area contributed by atoms with E-state index in [2.05, 4.69) is 179 Å². The lowest BCUT2D eigenvalue weighted by Crippen LogP contribution is -2.10. The molecule has 0 saturated heterocycles. The summed E-state index contributed by atoms with van der Waals surface area (Å²) in [4.78, 5) is 2.40. The van der Waals surface area contributed by atoms with Gasteiger partial charge in [-0.3, -0.25) is 0 Å². The molecule has 3 aromatic heterocycles. The van der Waals surface area contributed by atoms with Gasteiger partial charge in [0, 0.05) is 64.8 Å². The van der Waals surface area contributed by atoms with Gasteiger partial charge < -0.3 is 13.9 Å². The maximum Gasteiger partial charge on any atom is 0.137 e. The zero-order chi connectivity index (χ0) is 34.2. The van der Waals surface area contributed by atoms with Gasteiger partial charge in [0.1, 0.15) is 11.2 Å². The number of benzene rings is 8. The summed E-state index contributed by atoms with van der Waals surface area (Å²) in [6.07, 6.45) is 0. The van der Waals surface area contributed by atoms with E-state index >= 15 is 0 Å². The fourth-order valence-electron chi connectivity index (χ4n) is 8.07. The third kappa shape index (κ3) is 4.38. The molecule has 0 atom stereocenters. The minimum Gasteiger partial charge on any atom is -0.456 e. The highest BCUT2D eigenvalue weighted by Crippen LogP contribution is 2.49. The summed E-state index contributed by atoms with van der Waals surface area (Å²) >= 11 is 1.86.